The van der Waals surface area contributed by atoms with Gasteiger partial charge in [0.1, 0.15) is 0 Å². The summed E-state index contributed by atoms with van der Waals surface area (Å²) in [7, 11) is 0. The summed E-state index contributed by atoms with van der Waals surface area (Å²) in [4.78, 5) is 0. The summed E-state index contributed by atoms with van der Waals surface area (Å²) in [5.74, 6) is 11.1. The molecule has 0 aliphatic heterocycles. The van der Waals surface area contributed by atoms with Gasteiger partial charge in [-0.2, -0.15) is 0 Å². The van der Waals surface area contributed by atoms with Crippen molar-refractivity contribution in [1.82, 2.24) is 0 Å². The summed E-state index contributed by atoms with van der Waals surface area (Å²) in [5.41, 5.74) is 5.67. The fourth-order valence-electron chi connectivity index (χ4n) is 20.3. The van der Waals surface area contributed by atoms with E-state index in [2.05, 4.69) is 172 Å². The van der Waals surface area contributed by atoms with Gasteiger partial charge in [0, 0.05) is 0 Å². The SMILES string of the molecule is CC(C)CCC[C@@H](C)[C@H]1CC[C@H]2[C@@H]3CC=C4CC(OC5CC[C@@]6(C)C(=CC[C@H]7[C@@H]8CC[C@H]([C@H](C)CCCC(C)C)[C@@]8(C)CC[C@@H]76)C5)CC[C@]4(C)[C@H]3CC[C@]12C.c1cc[c]([SnH]([c]2ccccc2)[c]2ccccc2)cc1. The summed E-state index contributed by atoms with van der Waals surface area (Å²) in [5, 5.41) is 0. The number of rotatable bonds is 15. The summed E-state index contributed by atoms with van der Waals surface area (Å²) < 4.78 is 11.9. The molecule has 0 spiro atoms. The third-order valence-electron chi connectivity index (χ3n) is 24.3. The average Bonchev–Trinajstić information content (AvgIpc) is 3.94. The van der Waals surface area contributed by atoms with Crippen LogP contribution in [0.2, 0.25) is 0 Å². The number of allylic oxidation sites excluding steroid dienone is 2. The third kappa shape index (κ3) is 11.0. The van der Waals surface area contributed by atoms with Crippen LogP contribution in [0.4, 0.5) is 0 Å². The molecule has 0 aromatic heterocycles. The van der Waals surface area contributed by atoms with Crippen molar-refractivity contribution in [3.05, 3.63) is 114 Å². The van der Waals surface area contributed by atoms with Gasteiger partial charge in [-0.1, -0.05) is 131 Å². The monoisotopic (exact) mass is 1110 g/mol. The van der Waals surface area contributed by atoms with E-state index in [0.717, 1.165) is 71.0 Å². The van der Waals surface area contributed by atoms with Crippen molar-refractivity contribution in [2.24, 2.45) is 92.7 Å². The van der Waals surface area contributed by atoms with Gasteiger partial charge in [0.2, 0.25) is 0 Å². The molecule has 8 aliphatic carbocycles. The maximum absolute atomic E-state index is 7.26. The van der Waals surface area contributed by atoms with Gasteiger partial charge in [-0.15, -0.1) is 0 Å². The summed E-state index contributed by atoms with van der Waals surface area (Å²) in [6.45, 7) is 25.9. The van der Waals surface area contributed by atoms with Crippen molar-refractivity contribution in [1.29, 1.82) is 0 Å². The van der Waals surface area contributed by atoms with Gasteiger partial charge >= 0.3 is 121 Å². The Morgan fingerprint density at radius 1 is 0.446 bits per heavy atom. The van der Waals surface area contributed by atoms with E-state index in [-0.39, 0.29) is 0 Å². The first kappa shape index (κ1) is 55.2. The Bertz CT molecular complexity index is 2130. The maximum atomic E-state index is 7.26. The van der Waals surface area contributed by atoms with E-state index in [1.54, 1.807) is 10.7 Å². The fraction of sp³-hybridized carbons (Fsp3) is 0.694. The van der Waals surface area contributed by atoms with Crippen LogP contribution in [0.25, 0.3) is 0 Å². The van der Waals surface area contributed by atoms with Crippen LogP contribution in [0.1, 0.15) is 210 Å². The Morgan fingerprint density at radius 2 is 0.824 bits per heavy atom. The Kier molecular flexibility index (Phi) is 17.4. The molecule has 2 unspecified atom stereocenters. The van der Waals surface area contributed by atoms with E-state index in [0.29, 0.717) is 33.9 Å². The molecule has 2 heteroatoms. The number of fused-ring (bicyclic) bond motifs is 10. The Labute approximate surface area is 461 Å². The molecular weight excluding hydrogens is 1000 g/mol. The normalized spacial score (nSPS) is 38.0. The third-order valence-corrected chi connectivity index (χ3v) is 33.3. The molecule has 16 atom stereocenters. The second-order valence-electron chi connectivity index (χ2n) is 29.1. The van der Waals surface area contributed by atoms with Gasteiger partial charge in [-0.25, -0.2) is 0 Å². The van der Waals surface area contributed by atoms with Crippen molar-refractivity contribution >= 4 is 30.5 Å². The van der Waals surface area contributed by atoms with Crippen LogP contribution < -0.4 is 10.7 Å². The predicted octanol–water partition coefficient (Wildman–Crippen LogP) is 17.8. The van der Waals surface area contributed by atoms with E-state index in [1.807, 2.05) is 11.1 Å². The van der Waals surface area contributed by atoms with Gasteiger partial charge in [0.05, 0.1) is 12.2 Å². The molecule has 3 aromatic rings. The van der Waals surface area contributed by atoms with Gasteiger partial charge in [-0.05, 0) is 195 Å². The molecule has 6 fully saturated rings. The molecule has 404 valence electrons. The van der Waals surface area contributed by atoms with Crippen molar-refractivity contribution in [3.63, 3.8) is 0 Å². The minimum absolute atomic E-state index is 0.428. The predicted molar refractivity (Wildman–Crippen MR) is 320 cm³/mol. The molecule has 0 radical (unpaired) electrons. The van der Waals surface area contributed by atoms with Crippen molar-refractivity contribution < 1.29 is 4.74 Å². The van der Waals surface area contributed by atoms with Crippen LogP contribution in [0.15, 0.2) is 114 Å². The standard InChI is InChI=1S/C54H90O.3C6H5.Sn.H/c1-35(2)13-11-15-37(5)45-21-23-47-43-19-17-39-33-41(25-29-51(39,7)49(43)27-31-53(45,47)9)55-42-26-30-52(8)40(34-42)18-20-44-48-24-22-46(38(6)16-12-14-36(3)4)54(48,10)32-28-50(44)52;3*1-2-4-6-5-3-1;;/h17-18,35-38,41-50H,11-16,19-34H2,1-10H3;3*1-5H;;/t37-,38-,41?,42?,43+,44+,45-,46-,47+,48+,49+,50+,51+,52+,53-,54-;;;;;/m1...../s1. The van der Waals surface area contributed by atoms with Crippen LogP contribution >= 0.6 is 0 Å². The van der Waals surface area contributed by atoms with Crippen LogP contribution in [0.3, 0.4) is 0 Å². The van der Waals surface area contributed by atoms with Crippen LogP contribution in [-0.4, -0.2) is 32.0 Å². The Hall–Kier alpha value is -2.10. The molecule has 0 N–H and O–H groups in total. The molecule has 6 saturated carbocycles. The summed E-state index contributed by atoms with van der Waals surface area (Å²) in [6.07, 6.45) is 37.7. The molecule has 0 amide bonds. The summed E-state index contributed by atoms with van der Waals surface area (Å²) in [6, 6.07) is 33.0. The van der Waals surface area contributed by atoms with Gasteiger partial charge in [0.15, 0.2) is 0 Å². The molecule has 0 bridgehead atoms. The number of hydrogen-bond donors (Lipinski definition) is 0. The topological polar surface area (TPSA) is 9.23 Å². The molecule has 1 nitrogen and oxygen atoms in total. The fourth-order valence-corrected chi connectivity index (χ4v) is 28.8. The molecule has 0 heterocycles. The first-order chi connectivity index (χ1) is 35.6. The number of ether oxygens (including phenoxy) is 1. The van der Waals surface area contributed by atoms with Gasteiger partial charge < -0.3 is 4.74 Å². The quantitative estimate of drug-likeness (QED) is 0.109. The Balaban J connectivity index is 0.000000275. The second kappa shape index (κ2) is 23.3. The van der Waals surface area contributed by atoms with E-state index in [1.165, 1.54) is 141 Å². The van der Waals surface area contributed by atoms with Crippen LogP contribution in [-0.2, 0) is 4.74 Å². The van der Waals surface area contributed by atoms with Gasteiger partial charge in [-0.3, -0.25) is 0 Å². The first-order valence-electron chi connectivity index (χ1n) is 31.8. The summed E-state index contributed by atoms with van der Waals surface area (Å²) >= 11 is -2.14. The van der Waals surface area contributed by atoms with E-state index in [9.17, 15) is 0 Å². The zero-order valence-electron chi connectivity index (χ0n) is 48.9. The molecule has 8 aliphatic rings. The van der Waals surface area contributed by atoms with E-state index in [4.69, 9.17) is 4.74 Å². The average molecular weight is 1110 g/mol. The molecular formula is C72H106OSn. The zero-order chi connectivity index (χ0) is 51.8. The van der Waals surface area contributed by atoms with Gasteiger partial charge in [0.25, 0.3) is 0 Å². The molecule has 0 saturated heterocycles. The second-order valence-corrected chi connectivity index (χ2v) is 37.3. The molecule has 74 heavy (non-hydrogen) atoms. The molecule has 11 rings (SSSR count). The van der Waals surface area contributed by atoms with E-state index >= 15 is 0 Å². The van der Waals surface area contributed by atoms with Crippen molar-refractivity contribution in [3.8, 4) is 0 Å². The molecule has 3 aromatic carbocycles. The Morgan fingerprint density at radius 3 is 1.19 bits per heavy atom. The van der Waals surface area contributed by atoms with E-state index < -0.39 is 19.8 Å². The first-order valence-corrected chi connectivity index (χ1v) is 36.8. The van der Waals surface area contributed by atoms with Crippen molar-refractivity contribution in [2.45, 2.75) is 223 Å². The zero-order valence-corrected chi connectivity index (χ0v) is 52.2. The number of hydrogen-bond acceptors (Lipinski definition) is 1. The van der Waals surface area contributed by atoms with Crippen LogP contribution in [0.5, 0.6) is 0 Å². The minimum atomic E-state index is -2.14. The number of benzene rings is 3. The van der Waals surface area contributed by atoms with Crippen molar-refractivity contribution in [2.75, 3.05) is 0 Å². The van der Waals surface area contributed by atoms with Crippen LogP contribution in [0, 0.1) is 92.7 Å².